The van der Waals surface area contributed by atoms with Crippen LogP contribution in [0, 0.1) is 12.7 Å². The van der Waals surface area contributed by atoms with E-state index in [0.29, 0.717) is 28.4 Å². The largest absolute Gasteiger partial charge is 0.441 e. The zero-order valence-corrected chi connectivity index (χ0v) is 19.4. The van der Waals surface area contributed by atoms with Crippen LogP contribution in [0.4, 0.5) is 4.39 Å². The van der Waals surface area contributed by atoms with Crippen LogP contribution in [0.15, 0.2) is 74.8 Å². The number of fused-ring (bicyclic) bond motifs is 3. The molecular weight excluding hydrogens is 465 g/mol. The number of halogens is 1. The lowest BCUT2D eigenvalue weighted by molar-refractivity contribution is 0.535. The van der Waals surface area contributed by atoms with Gasteiger partial charge in [-0.25, -0.2) is 23.3 Å². The summed E-state index contributed by atoms with van der Waals surface area (Å²) < 4.78 is 24.7. The lowest BCUT2D eigenvalue weighted by Gasteiger charge is -2.07. The zero-order valence-electron chi connectivity index (χ0n) is 19.4. The molecule has 0 saturated heterocycles. The zero-order chi connectivity index (χ0) is 25.0. The molecule has 0 amide bonds. The Hall–Kier alpha value is -4.80. The third-order valence-electron chi connectivity index (χ3n) is 6.03. The van der Waals surface area contributed by atoms with E-state index in [1.165, 1.54) is 30.5 Å². The van der Waals surface area contributed by atoms with Gasteiger partial charge in [-0.05, 0) is 36.8 Å². The lowest BCUT2D eigenvalue weighted by atomic mass is 10.2. The molecule has 10 nitrogen and oxygen atoms in total. The second kappa shape index (κ2) is 8.15. The van der Waals surface area contributed by atoms with Crippen molar-refractivity contribution in [2.45, 2.75) is 20.0 Å². The van der Waals surface area contributed by atoms with Gasteiger partial charge in [0.2, 0.25) is 11.7 Å². The van der Waals surface area contributed by atoms with Gasteiger partial charge in [0.25, 0.3) is 5.56 Å². The van der Waals surface area contributed by atoms with E-state index in [1.807, 2.05) is 30.3 Å². The van der Waals surface area contributed by atoms with Gasteiger partial charge in [-0.1, -0.05) is 30.3 Å². The fourth-order valence-electron chi connectivity index (χ4n) is 4.23. The Morgan fingerprint density at radius 3 is 2.47 bits per heavy atom. The highest BCUT2D eigenvalue weighted by atomic mass is 19.1. The molecule has 0 atom stereocenters. The molecule has 2 aromatic carbocycles. The fourth-order valence-corrected chi connectivity index (χ4v) is 4.23. The molecule has 4 heterocycles. The second-order valence-electron chi connectivity index (χ2n) is 8.52. The highest BCUT2D eigenvalue weighted by Crippen LogP contribution is 2.22. The van der Waals surface area contributed by atoms with Crippen molar-refractivity contribution in [2.75, 3.05) is 0 Å². The van der Waals surface area contributed by atoms with E-state index in [1.54, 1.807) is 32.3 Å². The van der Waals surface area contributed by atoms with Gasteiger partial charge >= 0.3 is 5.69 Å². The maximum atomic E-state index is 13.5. The van der Waals surface area contributed by atoms with Crippen molar-refractivity contribution in [1.82, 2.24) is 33.5 Å². The Kier molecular flexibility index (Phi) is 4.92. The van der Waals surface area contributed by atoms with Crippen molar-refractivity contribution in [3.05, 3.63) is 104 Å². The summed E-state index contributed by atoms with van der Waals surface area (Å²) >= 11 is 0. The lowest BCUT2D eigenvalue weighted by Crippen LogP contribution is -2.26. The maximum Gasteiger partial charge on any atom is 0.352 e. The molecule has 0 fully saturated rings. The number of benzene rings is 2. The Labute approximate surface area is 202 Å². The van der Waals surface area contributed by atoms with Gasteiger partial charge in [0.1, 0.15) is 22.8 Å². The molecule has 0 saturated carbocycles. The minimum absolute atomic E-state index is 0.0508. The van der Waals surface area contributed by atoms with Crippen molar-refractivity contribution < 1.29 is 8.81 Å². The SMILES string of the molecule is Cc1oc(-c2ccccc2)nc1Cn1nc2n(Cc3ccc(F)cc3)c(=O)c3nn(C)cc3n2c1=O. The summed E-state index contributed by atoms with van der Waals surface area (Å²) in [5.41, 5.74) is 1.69. The number of hydrogen-bond acceptors (Lipinski definition) is 6. The Morgan fingerprint density at radius 1 is 0.972 bits per heavy atom. The first-order valence-electron chi connectivity index (χ1n) is 11.2. The number of oxazole rings is 1. The molecule has 0 radical (unpaired) electrons. The second-order valence-corrected chi connectivity index (χ2v) is 8.52. The fraction of sp³-hybridized carbons (Fsp3) is 0.160. The first-order valence-corrected chi connectivity index (χ1v) is 11.2. The van der Waals surface area contributed by atoms with Gasteiger partial charge in [0.15, 0.2) is 5.52 Å². The van der Waals surface area contributed by atoms with Gasteiger partial charge < -0.3 is 4.42 Å². The van der Waals surface area contributed by atoms with Crippen molar-refractivity contribution >= 4 is 16.8 Å². The van der Waals surface area contributed by atoms with Crippen molar-refractivity contribution in [2.24, 2.45) is 7.05 Å². The minimum Gasteiger partial charge on any atom is -0.441 e. The van der Waals surface area contributed by atoms with Crippen molar-refractivity contribution in [3.8, 4) is 11.5 Å². The first kappa shape index (κ1) is 21.7. The number of aryl methyl sites for hydroxylation is 2. The number of rotatable bonds is 5. The third-order valence-corrected chi connectivity index (χ3v) is 6.03. The molecule has 0 bridgehead atoms. The van der Waals surface area contributed by atoms with Gasteiger partial charge in [0.05, 0.1) is 13.1 Å². The number of hydrogen-bond donors (Lipinski definition) is 0. The average molecular weight is 485 g/mol. The smallest absolute Gasteiger partial charge is 0.352 e. The maximum absolute atomic E-state index is 13.5. The van der Waals surface area contributed by atoms with Crippen LogP contribution in [-0.2, 0) is 20.1 Å². The highest BCUT2D eigenvalue weighted by molar-refractivity contribution is 5.75. The molecule has 0 aliphatic rings. The summed E-state index contributed by atoms with van der Waals surface area (Å²) in [5.74, 6) is 0.782. The van der Waals surface area contributed by atoms with Crippen LogP contribution in [0.5, 0.6) is 0 Å². The van der Waals surface area contributed by atoms with E-state index in [4.69, 9.17) is 4.42 Å². The van der Waals surface area contributed by atoms with E-state index < -0.39 is 11.2 Å². The Morgan fingerprint density at radius 2 is 1.72 bits per heavy atom. The highest BCUT2D eigenvalue weighted by Gasteiger charge is 2.21. The summed E-state index contributed by atoms with van der Waals surface area (Å²) in [4.78, 5) is 31.4. The molecule has 11 heteroatoms. The summed E-state index contributed by atoms with van der Waals surface area (Å²) in [6.07, 6.45) is 1.61. The Bertz CT molecular complexity index is 1860. The first-order chi connectivity index (χ1) is 17.4. The van der Waals surface area contributed by atoms with Crippen LogP contribution >= 0.6 is 0 Å². The van der Waals surface area contributed by atoms with Crippen LogP contribution < -0.4 is 11.2 Å². The van der Waals surface area contributed by atoms with E-state index >= 15 is 0 Å². The molecule has 36 heavy (non-hydrogen) atoms. The van der Waals surface area contributed by atoms with E-state index in [2.05, 4.69) is 15.2 Å². The molecule has 0 aliphatic carbocycles. The van der Waals surface area contributed by atoms with Crippen LogP contribution in [0.1, 0.15) is 17.0 Å². The molecule has 0 aliphatic heterocycles. The monoisotopic (exact) mass is 485 g/mol. The molecule has 4 aromatic heterocycles. The number of aromatic nitrogens is 7. The molecule has 0 N–H and O–H groups in total. The molecule has 6 aromatic rings. The quantitative estimate of drug-likeness (QED) is 0.372. The van der Waals surface area contributed by atoms with Gasteiger partial charge in [0, 0.05) is 18.8 Å². The van der Waals surface area contributed by atoms with Crippen LogP contribution in [0.3, 0.4) is 0 Å². The summed E-state index contributed by atoms with van der Waals surface area (Å²) in [5, 5.41) is 8.77. The summed E-state index contributed by atoms with van der Waals surface area (Å²) in [6.45, 7) is 1.92. The molecular formula is C25H20FN7O3. The standard InChI is InChI=1S/C25H20FN7O3/c1-15-19(27-22(36-15)17-6-4-3-5-7-17)13-32-25(35)33-20-14-30(2)28-21(20)23(34)31(24(33)29-32)12-16-8-10-18(26)11-9-16/h3-11,14H,12-13H2,1-2H3. The van der Waals surface area contributed by atoms with Crippen LogP contribution in [0.25, 0.3) is 28.3 Å². The minimum atomic E-state index is -0.445. The molecule has 0 unspecified atom stereocenters. The molecule has 0 spiro atoms. The van der Waals surface area contributed by atoms with Gasteiger partial charge in [-0.15, -0.1) is 5.10 Å². The van der Waals surface area contributed by atoms with Crippen LogP contribution in [-0.4, -0.2) is 33.5 Å². The van der Waals surface area contributed by atoms with Gasteiger partial charge in [-0.2, -0.15) is 5.10 Å². The topological polar surface area (TPSA) is 105 Å². The predicted octanol–water partition coefficient (Wildman–Crippen LogP) is 2.74. The summed E-state index contributed by atoms with van der Waals surface area (Å²) in [6, 6.07) is 15.3. The van der Waals surface area contributed by atoms with Crippen molar-refractivity contribution in [1.29, 1.82) is 0 Å². The van der Waals surface area contributed by atoms with E-state index in [0.717, 1.165) is 5.56 Å². The average Bonchev–Trinajstić information content (AvgIpc) is 3.54. The normalized spacial score (nSPS) is 11.6. The molecule has 180 valence electrons. The molecule has 6 rings (SSSR count). The van der Waals surface area contributed by atoms with Crippen LogP contribution in [0.2, 0.25) is 0 Å². The van der Waals surface area contributed by atoms with Gasteiger partial charge in [-0.3, -0.25) is 14.0 Å². The van der Waals surface area contributed by atoms with Crippen molar-refractivity contribution in [3.63, 3.8) is 0 Å². The predicted molar refractivity (Wildman–Crippen MR) is 129 cm³/mol. The number of nitrogens with zero attached hydrogens (tertiary/aromatic N) is 7. The summed E-state index contributed by atoms with van der Waals surface area (Å²) in [7, 11) is 1.68. The van der Waals surface area contributed by atoms with E-state index in [-0.39, 0.29) is 30.2 Å². The third kappa shape index (κ3) is 3.52. The Balaban J connectivity index is 1.50. The van der Waals surface area contributed by atoms with E-state index in [9.17, 15) is 14.0 Å².